The Balaban J connectivity index is 1.60. The molecule has 0 unspecified atom stereocenters. The number of aromatic nitrogens is 4. The lowest BCUT2D eigenvalue weighted by Gasteiger charge is -2.23. The third-order valence-electron chi connectivity index (χ3n) is 4.78. The Bertz CT molecular complexity index is 732. The van der Waals surface area contributed by atoms with Crippen molar-refractivity contribution >= 4 is 11.6 Å². The van der Waals surface area contributed by atoms with E-state index >= 15 is 0 Å². The number of carbonyl (C=O) groups excluding carboxylic acids is 1. The Morgan fingerprint density at radius 3 is 2.79 bits per heavy atom. The first kappa shape index (κ1) is 16.7. The minimum Gasteiger partial charge on any atom is -0.322 e. The van der Waals surface area contributed by atoms with Gasteiger partial charge in [0.05, 0.1) is 36.4 Å². The summed E-state index contributed by atoms with van der Waals surface area (Å²) >= 11 is 0. The molecule has 7 heteroatoms. The van der Waals surface area contributed by atoms with E-state index < -0.39 is 0 Å². The average Bonchev–Trinajstić information content (AvgIpc) is 3.18. The zero-order chi connectivity index (χ0) is 17.3. The van der Waals surface area contributed by atoms with Gasteiger partial charge in [0.15, 0.2) is 0 Å². The molecule has 1 aliphatic rings. The second kappa shape index (κ2) is 6.76. The molecule has 24 heavy (non-hydrogen) atoms. The fraction of sp³-hybridized carbons (Fsp3) is 0.588. The zero-order valence-corrected chi connectivity index (χ0v) is 14.9. The van der Waals surface area contributed by atoms with Crippen LogP contribution in [0, 0.1) is 20.8 Å². The van der Waals surface area contributed by atoms with Gasteiger partial charge in [-0.1, -0.05) is 0 Å². The first-order chi connectivity index (χ1) is 11.4. The quantitative estimate of drug-likeness (QED) is 0.905. The number of carbonyl (C=O) groups is 1. The van der Waals surface area contributed by atoms with Crippen molar-refractivity contribution in [1.82, 2.24) is 24.5 Å². The van der Waals surface area contributed by atoms with Crippen molar-refractivity contribution in [1.29, 1.82) is 0 Å². The summed E-state index contributed by atoms with van der Waals surface area (Å²) in [5.41, 5.74) is 3.83. The summed E-state index contributed by atoms with van der Waals surface area (Å²) in [7, 11) is 1.89. The Morgan fingerprint density at radius 2 is 2.17 bits per heavy atom. The highest BCUT2D eigenvalue weighted by molar-refractivity contribution is 5.93. The van der Waals surface area contributed by atoms with Crippen LogP contribution in [0.4, 0.5) is 5.69 Å². The molecule has 1 saturated heterocycles. The number of hydrogen-bond acceptors (Lipinski definition) is 4. The van der Waals surface area contributed by atoms with Crippen LogP contribution in [0.2, 0.25) is 0 Å². The normalized spacial score (nSPS) is 18.2. The molecule has 0 bridgehead atoms. The average molecular weight is 330 g/mol. The largest absolute Gasteiger partial charge is 0.322 e. The third kappa shape index (κ3) is 3.51. The van der Waals surface area contributed by atoms with Gasteiger partial charge in [-0.15, -0.1) is 0 Å². The van der Waals surface area contributed by atoms with Gasteiger partial charge in [0.2, 0.25) is 5.91 Å². The number of anilines is 1. The second-order valence-corrected chi connectivity index (χ2v) is 6.72. The van der Waals surface area contributed by atoms with Crippen LogP contribution in [0.1, 0.15) is 29.8 Å². The van der Waals surface area contributed by atoms with Crippen molar-refractivity contribution in [3.8, 4) is 0 Å². The van der Waals surface area contributed by atoms with Gasteiger partial charge < -0.3 is 5.32 Å². The van der Waals surface area contributed by atoms with E-state index in [-0.39, 0.29) is 5.91 Å². The van der Waals surface area contributed by atoms with Crippen LogP contribution in [0.15, 0.2) is 12.4 Å². The summed E-state index contributed by atoms with van der Waals surface area (Å²) in [6.07, 6.45) is 6.17. The summed E-state index contributed by atoms with van der Waals surface area (Å²) in [4.78, 5) is 14.7. The van der Waals surface area contributed by atoms with Crippen molar-refractivity contribution in [3.05, 3.63) is 29.3 Å². The number of amides is 1. The summed E-state index contributed by atoms with van der Waals surface area (Å²) in [5.74, 6) is 0.0257. The van der Waals surface area contributed by atoms with Crippen molar-refractivity contribution in [2.75, 3.05) is 18.4 Å². The molecule has 0 spiro atoms. The molecule has 2 aromatic heterocycles. The Kier molecular flexibility index (Phi) is 4.71. The van der Waals surface area contributed by atoms with E-state index in [1.54, 1.807) is 4.68 Å². The van der Waals surface area contributed by atoms with Gasteiger partial charge in [0.25, 0.3) is 0 Å². The lowest BCUT2D eigenvalue weighted by atomic mass is 10.2. The van der Waals surface area contributed by atoms with Gasteiger partial charge in [0, 0.05) is 19.3 Å². The lowest BCUT2D eigenvalue weighted by Crippen LogP contribution is -2.39. The molecule has 1 fully saturated rings. The molecule has 1 amide bonds. The summed E-state index contributed by atoms with van der Waals surface area (Å²) < 4.78 is 3.77. The molecule has 1 N–H and O–H groups in total. The number of aryl methyl sites for hydroxylation is 3. The Morgan fingerprint density at radius 1 is 1.38 bits per heavy atom. The first-order valence-electron chi connectivity index (χ1n) is 8.47. The molecule has 3 rings (SSSR count). The van der Waals surface area contributed by atoms with Crippen LogP contribution in [0.3, 0.4) is 0 Å². The predicted molar refractivity (Wildman–Crippen MR) is 92.9 cm³/mol. The number of rotatable bonds is 5. The maximum Gasteiger partial charge on any atom is 0.238 e. The fourth-order valence-corrected chi connectivity index (χ4v) is 3.41. The zero-order valence-electron chi connectivity index (χ0n) is 14.9. The van der Waals surface area contributed by atoms with Gasteiger partial charge in [-0.2, -0.15) is 10.2 Å². The molecule has 1 aliphatic heterocycles. The molecule has 0 saturated carbocycles. The van der Waals surface area contributed by atoms with E-state index in [1.165, 1.54) is 5.56 Å². The van der Waals surface area contributed by atoms with E-state index in [1.807, 2.05) is 38.7 Å². The minimum absolute atomic E-state index is 0.0257. The van der Waals surface area contributed by atoms with Crippen molar-refractivity contribution in [2.24, 2.45) is 7.05 Å². The van der Waals surface area contributed by atoms with Crippen LogP contribution in [0.5, 0.6) is 0 Å². The lowest BCUT2D eigenvalue weighted by molar-refractivity contribution is -0.117. The topological polar surface area (TPSA) is 68.0 Å². The molecule has 130 valence electrons. The highest BCUT2D eigenvalue weighted by Gasteiger charge is 2.27. The highest BCUT2D eigenvalue weighted by atomic mass is 16.2. The Hall–Kier alpha value is -2.15. The van der Waals surface area contributed by atoms with E-state index in [9.17, 15) is 4.79 Å². The molecular weight excluding hydrogens is 304 g/mol. The molecule has 1 atom stereocenters. The predicted octanol–water partition coefficient (Wildman–Crippen LogP) is 1.64. The SMILES string of the molecule is Cc1cnn(C[C@H]2CCCN2CC(=O)Nc2c(C)nn(C)c2C)c1. The van der Waals surface area contributed by atoms with Crippen LogP contribution in [-0.4, -0.2) is 49.5 Å². The van der Waals surface area contributed by atoms with Gasteiger partial charge in [-0.05, 0) is 45.7 Å². The van der Waals surface area contributed by atoms with Crippen LogP contribution < -0.4 is 5.32 Å². The molecule has 3 heterocycles. The van der Waals surface area contributed by atoms with E-state index in [2.05, 4.69) is 26.6 Å². The van der Waals surface area contributed by atoms with Crippen molar-refractivity contribution < 1.29 is 4.79 Å². The first-order valence-corrected chi connectivity index (χ1v) is 8.47. The van der Waals surface area contributed by atoms with Crippen molar-refractivity contribution in [3.63, 3.8) is 0 Å². The third-order valence-corrected chi connectivity index (χ3v) is 4.78. The minimum atomic E-state index is 0.0257. The van der Waals surface area contributed by atoms with Crippen LogP contribution >= 0.6 is 0 Å². The maximum absolute atomic E-state index is 12.5. The molecule has 7 nitrogen and oxygen atoms in total. The second-order valence-electron chi connectivity index (χ2n) is 6.72. The molecular formula is C17H26N6O. The Labute approximate surface area is 142 Å². The molecule has 0 aromatic carbocycles. The maximum atomic E-state index is 12.5. The summed E-state index contributed by atoms with van der Waals surface area (Å²) in [6.45, 7) is 8.14. The molecule has 0 radical (unpaired) electrons. The van der Waals surface area contributed by atoms with Crippen LogP contribution in [0.25, 0.3) is 0 Å². The number of nitrogens with one attached hydrogen (secondary N) is 1. The number of likely N-dealkylation sites (tertiary alicyclic amines) is 1. The van der Waals surface area contributed by atoms with Gasteiger partial charge in [0.1, 0.15) is 0 Å². The summed E-state index contributed by atoms with van der Waals surface area (Å²) in [6, 6.07) is 0.367. The smallest absolute Gasteiger partial charge is 0.238 e. The van der Waals surface area contributed by atoms with Crippen molar-refractivity contribution in [2.45, 2.75) is 46.2 Å². The van der Waals surface area contributed by atoms with Gasteiger partial charge in [-0.3, -0.25) is 19.1 Å². The van der Waals surface area contributed by atoms with Gasteiger partial charge >= 0.3 is 0 Å². The van der Waals surface area contributed by atoms with E-state index in [0.717, 1.165) is 43.0 Å². The van der Waals surface area contributed by atoms with Crippen LogP contribution in [-0.2, 0) is 18.4 Å². The fourth-order valence-electron chi connectivity index (χ4n) is 3.41. The monoisotopic (exact) mass is 330 g/mol. The van der Waals surface area contributed by atoms with E-state index in [4.69, 9.17) is 0 Å². The molecule has 2 aromatic rings. The van der Waals surface area contributed by atoms with E-state index in [0.29, 0.717) is 12.6 Å². The number of hydrogen-bond donors (Lipinski definition) is 1. The highest BCUT2D eigenvalue weighted by Crippen LogP contribution is 2.21. The standard InChI is InChI=1S/C17H26N6O/c1-12-8-18-23(9-12)10-15-6-5-7-22(15)11-16(24)19-17-13(2)20-21(4)14(17)3/h8-9,15H,5-7,10-11H2,1-4H3,(H,19,24)/t15-/m1/s1. The van der Waals surface area contributed by atoms with Gasteiger partial charge in [-0.25, -0.2) is 0 Å². The summed E-state index contributed by atoms with van der Waals surface area (Å²) in [5, 5.41) is 11.7. The number of nitrogens with zero attached hydrogens (tertiary/aromatic N) is 5. The molecule has 0 aliphatic carbocycles.